The average molecular weight is 207 g/mol. The summed E-state index contributed by atoms with van der Waals surface area (Å²) < 4.78 is 10.5. The summed E-state index contributed by atoms with van der Waals surface area (Å²) in [5.74, 6) is 0. The van der Waals surface area contributed by atoms with Crippen LogP contribution in [0.1, 0.15) is 31.4 Å². The highest BCUT2D eigenvalue weighted by Gasteiger charge is 2.18. The molecule has 82 valence electrons. The number of furan rings is 1. The molecule has 3 heteroatoms. The third-order valence-electron chi connectivity index (χ3n) is 2.62. The molecule has 1 aliphatic heterocycles. The van der Waals surface area contributed by atoms with Crippen LogP contribution in [0, 0.1) is 0 Å². The van der Waals surface area contributed by atoms with Gasteiger partial charge in [-0.25, -0.2) is 0 Å². The van der Waals surface area contributed by atoms with E-state index in [1.54, 1.807) is 12.5 Å². The van der Waals surface area contributed by atoms with Gasteiger partial charge in [0, 0.05) is 5.56 Å². The first kappa shape index (κ1) is 10.3. The maximum Gasteiger partial charge on any atom is 0.0953 e. The topological polar surface area (TPSA) is 34.4 Å². The lowest BCUT2D eigenvalue weighted by Gasteiger charge is -2.22. The minimum Gasteiger partial charge on any atom is -0.501 e. The Labute approximate surface area is 90.1 Å². The molecule has 1 atom stereocenters. The second kappa shape index (κ2) is 5.03. The second-order valence-corrected chi connectivity index (χ2v) is 3.71. The quantitative estimate of drug-likeness (QED) is 0.824. The Bertz CT molecular complexity index is 316. The Hall–Kier alpha value is -1.22. The Kier molecular flexibility index (Phi) is 3.45. The van der Waals surface area contributed by atoms with Crippen molar-refractivity contribution in [3.8, 4) is 0 Å². The first-order valence-corrected chi connectivity index (χ1v) is 5.48. The molecule has 1 N–H and O–H groups in total. The molecule has 0 bridgehead atoms. The lowest BCUT2D eigenvalue weighted by molar-refractivity contribution is 0.219. The van der Waals surface area contributed by atoms with Gasteiger partial charge in [-0.2, -0.15) is 0 Å². The fourth-order valence-electron chi connectivity index (χ4n) is 1.90. The lowest BCUT2D eigenvalue weighted by Crippen LogP contribution is -2.23. The van der Waals surface area contributed by atoms with Crippen molar-refractivity contribution in [1.29, 1.82) is 0 Å². The fourth-order valence-corrected chi connectivity index (χ4v) is 1.90. The van der Waals surface area contributed by atoms with Gasteiger partial charge in [0.15, 0.2) is 0 Å². The first-order valence-electron chi connectivity index (χ1n) is 5.48. The summed E-state index contributed by atoms with van der Waals surface area (Å²) in [6.07, 6.45) is 7.60. The minimum atomic E-state index is 0.244. The number of likely N-dealkylation sites (N-methyl/N-ethyl adjacent to an activating group) is 1. The molecule has 3 nitrogen and oxygen atoms in total. The summed E-state index contributed by atoms with van der Waals surface area (Å²) in [5, 5.41) is 3.45. The summed E-state index contributed by atoms with van der Waals surface area (Å²) in [6.45, 7) is 3.89. The van der Waals surface area contributed by atoms with E-state index in [1.807, 2.05) is 12.3 Å². The smallest absolute Gasteiger partial charge is 0.0953 e. The zero-order valence-corrected chi connectivity index (χ0v) is 9.03. The highest BCUT2D eigenvalue weighted by molar-refractivity contribution is 5.24. The van der Waals surface area contributed by atoms with Gasteiger partial charge in [0.25, 0.3) is 0 Å². The predicted octanol–water partition coefficient (Wildman–Crippen LogP) is 2.62. The standard InChI is InChI=1S/C12H17NO2/c1-2-13-12(11-5-7-15-9-11)10-4-3-6-14-8-10/h5,7-9,12-13H,2-4,6H2,1H3. The molecule has 1 aromatic heterocycles. The van der Waals surface area contributed by atoms with E-state index in [-0.39, 0.29) is 6.04 Å². The highest BCUT2D eigenvalue weighted by Crippen LogP contribution is 2.27. The molecule has 2 rings (SSSR count). The monoisotopic (exact) mass is 207 g/mol. The molecule has 0 saturated heterocycles. The van der Waals surface area contributed by atoms with E-state index in [9.17, 15) is 0 Å². The lowest BCUT2D eigenvalue weighted by atomic mass is 9.97. The third kappa shape index (κ3) is 2.42. The van der Waals surface area contributed by atoms with Gasteiger partial charge < -0.3 is 14.5 Å². The van der Waals surface area contributed by atoms with E-state index in [0.717, 1.165) is 26.0 Å². The molecular formula is C12H17NO2. The van der Waals surface area contributed by atoms with Crippen molar-refractivity contribution in [2.24, 2.45) is 0 Å². The van der Waals surface area contributed by atoms with Crippen molar-refractivity contribution < 1.29 is 9.15 Å². The molecule has 0 aliphatic carbocycles. The van der Waals surface area contributed by atoms with Gasteiger partial charge in [0.05, 0.1) is 31.4 Å². The molecule has 15 heavy (non-hydrogen) atoms. The number of rotatable bonds is 4. The van der Waals surface area contributed by atoms with Crippen molar-refractivity contribution in [3.05, 3.63) is 36.0 Å². The van der Waals surface area contributed by atoms with Crippen LogP contribution >= 0.6 is 0 Å². The number of hydrogen-bond acceptors (Lipinski definition) is 3. The van der Waals surface area contributed by atoms with Gasteiger partial charge >= 0.3 is 0 Å². The molecule has 0 saturated carbocycles. The molecule has 1 aromatic rings. The summed E-state index contributed by atoms with van der Waals surface area (Å²) in [6, 6.07) is 2.25. The van der Waals surface area contributed by atoms with Crippen LogP contribution in [0.25, 0.3) is 0 Å². The van der Waals surface area contributed by atoms with Crippen LogP contribution in [-0.4, -0.2) is 13.2 Å². The Balaban J connectivity index is 2.15. The molecule has 0 amide bonds. The summed E-state index contributed by atoms with van der Waals surface area (Å²) in [4.78, 5) is 0. The molecule has 0 radical (unpaired) electrons. The Morgan fingerprint density at radius 1 is 1.53 bits per heavy atom. The SMILES string of the molecule is CCNC(C1=COCCC1)c1ccoc1. The van der Waals surface area contributed by atoms with Gasteiger partial charge in [-0.1, -0.05) is 6.92 Å². The van der Waals surface area contributed by atoms with Crippen molar-refractivity contribution in [2.45, 2.75) is 25.8 Å². The first-order chi connectivity index (χ1) is 7.42. The largest absolute Gasteiger partial charge is 0.501 e. The molecule has 0 fully saturated rings. The Morgan fingerprint density at radius 3 is 3.07 bits per heavy atom. The van der Waals surface area contributed by atoms with Crippen LogP contribution in [0.3, 0.4) is 0 Å². The van der Waals surface area contributed by atoms with Crippen LogP contribution in [0.2, 0.25) is 0 Å². The van der Waals surface area contributed by atoms with Crippen molar-refractivity contribution in [1.82, 2.24) is 5.32 Å². The van der Waals surface area contributed by atoms with E-state index in [1.165, 1.54) is 11.1 Å². The molecular weight excluding hydrogens is 190 g/mol. The van der Waals surface area contributed by atoms with E-state index >= 15 is 0 Å². The van der Waals surface area contributed by atoms with Crippen LogP contribution in [-0.2, 0) is 4.74 Å². The van der Waals surface area contributed by atoms with Gasteiger partial charge in [0.1, 0.15) is 0 Å². The zero-order valence-electron chi connectivity index (χ0n) is 9.03. The molecule has 1 aliphatic rings. The zero-order chi connectivity index (χ0) is 10.5. The predicted molar refractivity (Wildman–Crippen MR) is 58.4 cm³/mol. The maximum atomic E-state index is 5.37. The van der Waals surface area contributed by atoms with Crippen LogP contribution < -0.4 is 5.32 Å². The van der Waals surface area contributed by atoms with Crippen LogP contribution in [0.4, 0.5) is 0 Å². The number of hydrogen-bond donors (Lipinski definition) is 1. The summed E-state index contributed by atoms with van der Waals surface area (Å²) in [5.41, 5.74) is 2.48. The number of ether oxygens (including phenoxy) is 1. The third-order valence-corrected chi connectivity index (χ3v) is 2.62. The fraction of sp³-hybridized carbons (Fsp3) is 0.500. The van der Waals surface area contributed by atoms with E-state index in [4.69, 9.17) is 9.15 Å². The van der Waals surface area contributed by atoms with Crippen molar-refractivity contribution in [3.63, 3.8) is 0 Å². The van der Waals surface area contributed by atoms with Crippen molar-refractivity contribution >= 4 is 0 Å². The normalized spacial score (nSPS) is 18.1. The summed E-state index contributed by atoms with van der Waals surface area (Å²) >= 11 is 0. The molecule has 2 heterocycles. The van der Waals surface area contributed by atoms with Gasteiger partial charge in [-0.3, -0.25) is 0 Å². The molecule has 0 spiro atoms. The molecule has 0 aromatic carbocycles. The second-order valence-electron chi connectivity index (χ2n) is 3.71. The molecule has 1 unspecified atom stereocenters. The Morgan fingerprint density at radius 2 is 2.47 bits per heavy atom. The van der Waals surface area contributed by atoms with E-state index in [2.05, 4.69) is 12.2 Å². The van der Waals surface area contributed by atoms with Gasteiger partial charge in [0.2, 0.25) is 0 Å². The maximum absolute atomic E-state index is 5.37. The average Bonchev–Trinajstić information content (AvgIpc) is 2.80. The summed E-state index contributed by atoms with van der Waals surface area (Å²) in [7, 11) is 0. The minimum absolute atomic E-state index is 0.244. The van der Waals surface area contributed by atoms with E-state index < -0.39 is 0 Å². The number of nitrogens with one attached hydrogen (secondary N) is 1. The van der Waals surface area contributed by atoms with Gasteiger partial charge in [-0.05, 0) is 31.0 Å². The van der Waals surface area contributed by atoms with Gasteiger partial charge in [-0.15, -0.1) is 0 Å². The highest BCUT2D eigenvalue weighted by atomic mass is 16.5. The van der Waals surface area contributed by atoms with Crippen LogP contribution in [0.5, 0.6) is 0 Å². The van der Waals surface area contributed by atoms with Crippen LogP contribution in [0.15, 0.2) is 34.8 Å². The van der Waals surface area contributed by atoms with Crippen molar-refractivity contribution in [2.75, 3.05) is 13.2 Å². The van der Waals surface area contributed by atoms with E-state index in [0.29, 0.717) is 0 Å².